The van der Waals surface area contributed by atoms with Gasteiger partial charge >= 0.3 is 0 Å². The molecule has 0 aliphatic rings. The quantitative estimate of drug-likeness (QED) is 0.340. The predicted molar refractivity (Wildman–Crippen MR) is 131 cm³/mol. The molecular weight excluding hydrogens is 464 g/mol. The van der Waals surface area contributed by atoms with Crippen molar-refractivity contribution in [1.82, 2.24) is 14.5 Å². The number of methoxy groups -OCH3 is 3. The van der Waals surface area contributed by atoms with Gasteiger partial charge in [-0.25, -0.2) is 9.97 Å². The van der Waals surface area contributed by atoms with Crippen LogP contribution >= 0.6 is 23.7 Å². The Kier molecular flexibility index (Phi) is 8.13. The van der Waals surface area contributed by atoms with Crippen LogP contribution in [0.2, 0.25) is 0 Å². The standard InChI is InChI=1S/C23H24N4O4S.ClH/c1-29-17-6-7-18-21(14-17)32-23(25-18)27(11-4-10-26-12-9-24-15-26)22(28)16-5-8-19(30-2)20(13-16)31-3;/h5-9,12-15H,4,10-11H2,1-3H3;1H. The molecule has 0 saturated heterocycles. The smallest absolute Gasteiger partial charge is 0.260 e. The Morgan fingerprint density at radius 3 is 2.58 bits per heavy atom. The van der Waals surface area contributed by atoms with Gasteiger partial charge in [-0.1, -0.05) is 11.3 Å². The molecule has 1 amide bonds. The number of ether oxygens (including phenoxy) is 3. The zero-order chi connectivity index (χ0) is 22.5. The fraction of sp³-hybridized carbons (Fsp3) is 0.261. The van der Waals surface area contributed by atoms with Gasteiger partial charge in [0.2, 0.25) is 0 Å². The average Bonchev–Trinajstić information content (AvgIpc) is 3.50. The minimum atomic E-state index is -0.150. The lowest BCUT2D eigenvalue weighted by Crippen LogP contribution is -2.32. The maximum Gasteiger partial charge on any atom is 0.260 e. The van der Waals surface area contributed by atoms with E-state index in [0.29, 0.717) is 28.7 Å². The zero-order valence-corrected chi connectivity index (χ0v) is 20.2. The van der Waals surface area contributed by atoms with Crippen molar-refractivity contribution in [3.63, 3.8) is 0 Å². The summed E-state index contributed by atoms with van der Waals surface area (Å²) in [6.07, 6.45) is 6.16. The highest BCUT2D eigenvalue weighted by atomic mass is 35.5. The van der Waals surface area contributed by atoms with Crippen LogP contribution in [0.5, 0.6) is 17.2 Å². The maximum absolute atomic E-state index is 13.6. The van der Waals surface area contributed by atoms with E-state index >= 15 is 0 Å². The third-order valence-corrected chi connectivity index (χ3v) is 6.09. The zero-order valence-electron chi connectivity index (χ0n) is 18.6. The summed E-state index contributed by atoms with van der Waals surface area (Å²) < 4.78 is 19.0. The molecule has 2 aromatic heterocycles. The number of carbonyl (C=O) groups excluding carboxylic acids is 1. The molecule has 0 atom stereocenters. The number of benzene rings is 2. The van der Waals surface area contributed by atoms with Crippen LogP contribution in [0.3, 0.4) is 0 Å². The van der Waals surface area contributed by atoms with Crippen molar-refractivity contribution in [3.8, 4) is 17.2 Å². The molecule has 2 heterocycles. The number of aromatic nitrogens is 3. The minimum Gasteiger partial charge on any atom is -0.497 e. The summed E-state index contributed by atoms with van der Waals surface area (Å²) in [4.78, 5) is 24.1. The van der Waals surface area contributed by atoms with E-state index in [1.165, 1.54) is 11.3 Å². The number of thiazole rings is 1. The molecule has 0 aliphatic carbocycles. The maximum atomic E-state index is 13.6. The minimum absolute atomic E-state index is 0. The van der Waals surface area contributed by atoms with Crippen molar-refractivity contribution in [2.75, 3.05) is 32.8 Å². The Labute approximate surface area is 202 Å². The summed E-state index contributed by atoms with van der Waals surface area (Å²) in [6, 6.07) is 10.9. The molecule has 0 N–H and O–H groups in total. The third-order valence-electron chi connectivity index (χ3n) is 5.05. The molecule has 0 fully saturated rings. The Hall–Kier alpha value is -3.30. The van der Waals surface area contributed by atoms with Crippen molar-refractivity contribution in [1.29, 1.82) is 0 Å². The number of rotatable bonds is 9. The largest absolute Gasteiger partial charge is 0.497 e. The van der Waals surface area contributed by atoms with Crippen molar-refractivity contribution < 1.29 is 19.0 Å². The van der Waals surface area contributed by atoms with Gasteiger partial charge in [0.25, 0.3) is 5.91 Å². The lowest BCUT2D eigenvalue weighted by atomic mass is 10.1. The summed E-state index contributed by atoms with van der Waals surface area (Å²) in [5.74, 6) is 1.68. The molecule has 4 aromatic rings. The summed E-state index contributed by atoms with van der Waals surface area (Å²) in [5, 5.41) is 0.638. The summed E-state index contributed by atoms with van der Waals surface area (Å²) >= 11 is 1.46. The Bertz CT molecular complexity index is 1210. The second-order valence-electron chi connectivity index (χ2n) is 7.01. The number of anilines is 1. The molecule has 33 heavy (non-hydrogen) atoms. The number of amides is 1. The van der Waals surface area contributed by atoms with Gasteiger partial charge < -0.3 is 18.8 Å². The number of hydrogen-bond acceptors (Lipinski definition) is 7. The Morgan fingerprint density at radius 2 is 1.88 bits per heavy atom. The second-order valence-corrected chi connectivity index (χ2v) is 8.02. The number of imidazole rings is 1. The first-order chi connectivity index (χ1) is 15.6. The van der Waals surface area contributed by atoms with Gasteiger partial charge in [0.1, 0.15) is 5.75 Å². The normalized spacial score (nSPS) is 10.5. The first-order valence-corrected chi connectivity index (χ1v) is 10.9. The van der Waals surface area contributed by atoms with E-state index in [1.54, 1.807) is 57.0 Å². The van der Waals surface area contributed by atoms with Crippen LogP contribution in [-0.2, 0) is 6.54 Å². The molecule has 10 heteroatoms. The van der Waals surface area contributed by atoms with Gasteiger partial charge in [0.15, 0.2) is 16.6 Å². The summed E-state index contributed by atoms with van der Waals surface area (Å²) in [7, 11) is 4.75. The first kappa shape index (κ1) is 24.3. The molecule has 0 bridgehead atoms. The van der Waals surface area contributed by atoms with Gasteiger partial charge in [-0.3, -0.25) is 9.69 Å². The van der Waals surface area contributed by atoms with Crippen LogP contribution in [0.25, 0.3) is 10.2 Å². The summed E-state index contributed by atoms with van der Waals surface area (Å²) in [5.41, 5.74) is 1.33. The highest BCUT2D eigenvalue weighted by Crippen LogP contribution is 2.33. The van der Waals surface area contributed by atoms with Crippen LogP contribution in [0.4, 0.5) is 5.13 Å². The lowest BCUT2D eigenvalue weighted by Gasteiger charge is -2.20. The number of nitrogens with zero attached hydrogens (tertiary/aromatic N) is 4. The van der Waals surface area contributed by atoms with Crippen LogP contribution in [0.1, 0.15) is 16.8 Å². The van der Waals surface area contributed by atoms with Crippen LogP contribution < -0.4 is 19.1 Å². The van der Waals surface area contributed by atoms with Crippen molar-refractivity contribution in [2.45, 2.75) is 13.0 Å². The Morgan fingerprint density at radius 1 is 1.06 bits per heavy atom. The first-order valence-electron chi connectivity index (χ1n) is 10.1. The van der Waals surface area contributed by atoms with Gasteiger partial charge in [0.05, 0.1) is 37.9 Å². The molecule has 8 nitrogen and oxygen atoms in total. The van der Waals surface area contributed by atoms with Gasteiger partial charge in [-0.15, -0.1) is 12.4 Å². The number of fused-ring (bicyclic) bond motifs is 1. The van der Waals surface area contributed by atoms with Gasteiger partial charge in [0, 0.05) is 31.0 Å². The SMILES string of the molecule is COc1ccc2nc(N(CCCn3ccnc3)C(=O)c3ccc(OC)c(OC)c3)sc2c1.Cl. The number of aryl methyl sites for hydroxylation is 1. The molecule has 0 unspecified atom stereocenters. The van der Waals surface area contributed by atoms with E-state index in [4.69, 9.17) is 19.2 Å². The predicted octanol–water partition coefficient (Wildman–Crippen LogP) is 4.68. The average molecular weight is 489 g/mol. The fourth-order valence-electron chi connectivity index (χ4n) is 3.37. The van der Waals surface area contributed by atoms with E-state index in [0.717, 1.165) is 28.9 Å². The van der Waals surface area contributed by atoms with Crippen LogP contribution in [0, 0.1) is 0 Å². The second kappa shape index (κ2) is 11.0. The van der Waals surface area contributed by atoms with Crippen molar-refractivity contribution in [3.05, 3.63) is 60.7 Å². The molecule has 174 valence electrons. The number of halogens is 1. The monoisotopic (exact) mass is 488 g/mol. The van der Waals surface area contributed by atoms with Crippen molar-refractivity contribution in [2.24, 2.45) is 0 Å². The molecule has 2 aromatic carbocycles. The van der Waals surface area contributed by atoms with E-state index in [-0.39, 0.29) is 18.3 Å². The summed E-state index contributed by atoms with van der Waals surface area (Å²) in [6.45, 7) is 1.25. The molecule has 0 radical (unpaired) electrons. The van der Waals surface area contributed by atoms with Crippen molar-refractivity contribution >= 4 is 45.0 Å². The molecule has 0 saturated carbocycles. The highest BCUT2D eigenvalue weighted by molar-refractivity contribution is 7.22. The Balaban J connectivity index is 0.00000306. The van der Waals surface area contributed by atoms with Crippen LogP contribution in [-0.4, -0.2) is 48.3 Å². The van der Waals surface area contributed by atoms with E-state index in [2.05, 4.69) is 4.98 Å². The third kappa shape index (κ3) is 5.37. The number of hydrogen-bond donors (Lipinski definition) is 0. The lowest BCUT2D eigenvalue weighted by molar-refractivity contribution is 0.0986. The molecule has 0 aliphatic heterocycles. The van der Waals surface area contributed by atoms with E-state index in [9.17, 15) is 4.79 Å². The molecular formula is C23H25ClN4O4S. The fourth-order valence-corrected chi connectivity index (χ4v) is 4.39. The highest BCUT2D eigenvalue weighted by Gasteiger charge is 2.22. The van der Waals surface area contributed by atoms with E-state index in [1.807, 2.05) is 29.0 Å². The number of carbonyl (C=O) groups is 1. The van der Waals surface area contributed by atoms with Gasteiger partial charge in [-0.05, 0) is 42.8 Å². The van der Waals surface area contributed by atoms with E-state index < -0.39 is 0 Å². The van der Waals surface area contributed by atoms with Crippen LogP contribution in [0.15, 0.2) is 55.1 Å². The molecule has 0 spiro atoms. The van der Waals surface area contributed by atoms with Gasteiger partial charge in [-0.2, -0.15) is 0 Å². The molecule has 4 rings (SSSR count). The topological polar surface area (TPSA) is 78.7 Å².